The van der Waals surface area contributed by atoms with E-state index in [4.69, 9.17) is 0 Å². The molecule has 2 heterocycles. The highest BCUT2D eigenvalue weighted by atomic mass is 15.3. The molecule has 19 heavy (non-hydrogen) atoms. The number of aromatic nitrogens is 2. The molecule has 1 aliphatic heterocycles. The fourth-order valence-electron chi connectivity index (χ4n) is 2.66. The highest BCUT2D eigenvalue weighted by Gasteiger charge is 2.22. The SMILES string of the molecule is CCC1CN(Cc2ccn(C(C)C)n2)C(C)CCN1. The van der Waals surface area contributed by atoms with E-state index in [9.17, 15) is 0 Å². The van der Waals surface area contributed by atoms with Gasteiger partial charge >= 0.3 is 0 Å². The van der Waals surface area contributed by atoms with Crippen LogP contribution in [0.25, 0.3) is 0 Å². The van der Waals surface area contributed by atoms with Crippen LogP contribution in [0.2, 0.25) is 0 Å². The lowest BCUT2D eigenvalue weighted by atomic mass is 10.2. The standard InChI is InChI=1S/C15H28N4/c1-5-14-10-18(13(4)6-8-16-14)11-15-7-9-19(17-15)12(2)3/h7,9,12-14,16H,5-6,8,10-11H2,1-4H3. The molecule has 108 valence electrons. The van der Waals surface area contributed by atoms with Gasteiger partial charge in [0.25, 0.3) is 0 Å². The lowest BCUT2D eigenvalue weighted by molar-refractivity contribution is 0.191. The average Bonchev–Trinajstić information content (AvgIpc) is 2.77. The van der Waals surface area contributed by atoms with E-state index in [-0.39, 0.29) is 0 Å². The Kier molecular flexibility index (Phi) is 4.99. The Bertz CT molecular complexity index is 385. The van der Waals surface area contributed by atoms with Gasteiger partial charge in [-0.1, -0.05) is 6.92 Å². The molecular formula is C15H28N4. The second-order valence-corrected chi connectivity index (χ2v) is 6.01. The number of hydrogen-bond acceptors (Lipinski definition) is 3. The minimum absolute atomic E-state index is 0.445. The van der Waals surface area contributed by atoms with E-state index in [1.54, 1.807) is 0 Å². The molecule has 1 saturated heterocycles. The van der Waals surface area contributed by atoms with Crippen LogP contribution >= 0.6 is 0 Å². The van der Waals surface area contributed by atoms with E-state index >= 15 is 0 Å². The third-order valence-corrected chi connectivity index (χ3v) is 4.12. The number of nitrogens with one attached hydrogen (secondary N) is 1. The van der Waals surface area contributed by atoms with Gasteiger partial charge in [-0.3, -0.25) is 9.58 Å². The van der Waals surface area contributed by atoms with Crippen molar-refractivity contribution < 1.29 is 0 Å². The van der Waals surface area contributed by atoms with Crippen molar-refractivity contribution in [1.29, 1.82) is 0 Å². The molecule has 2 unspecified atom stereocenters. The second kappa shape index (κ2) is 6.53. The molecule has 0 radical (unpaired) electrons. The smallest absolute Gasteiger partial charge is 0.0765 e. The normalized spacial score (nSPS) is 25.7. The topological polar surface area (TPSA) is 33.1 Å². The Hall–Kier alpha value is -0.870. The summed E-state index contributed by atoms with van der Waals surface area (Å²) in [5, 5.41) is 8.31. The summed E-state index contributed by atoms with van der Waals surface area (Å²) in [6.07, 6.45) is 4.52. The van der Waals surface area contributed by atoms with Crippen LogP contribution in [0.15, 0.2) is 12.3 Å². The van der Waals surface area contributed by atoms with Crippen molar-refractivity contribution in [1.82, 2.24) is 20.0 Å². The first kappa shape index (κ1) is 14.5. The van der Waals surface area contributed by atoms with Crippen LogP contribution in [0, 0.1) is 0 Å². The monoisotopic (exact) mass is 264 g/mol. The van der Waals surface area contributed by atoms with Crippen molar-refractivity contribution in [2.45, 2.75) is 65.2 Å². The molecule has 0 saturated carbocycles. The van der Waals surface area contributed by atoms with E-state index in [1.807, 2.05) is 4.68 Å². The van der Waals surface area contributed by atoms with Gasteiger partial charge in [-0.2, -0.15) is 5.10 Å². The van der Waals surface area contributed by atoms with E-state index in [2.05, 4.69) is 55.3 Å². The predicted octanol–water partition coefficient (Wildman–Crippen LogP) is 2.43. The summed E-state index contributed by atoms with van der Waals surface area (Å²) in [7, 11) is 0. The molecule has 1 N–H and O–H groups in total. The molecule has 1 aliphatic rings. The molecular weight excluding hydrogens is 236 g/mol. The number of hydrogen-bond donors (Lipinski definition) is 1. The molecule has 0 spiro atoms. The van der Waals surface area contributed by atoms with Crippen molar-refractivity contribution in [3.8, 4) is 0 Å². The third-order valence-electron chi connectivity index (χ3n) is 4.12. The van der Waals surface area contributed by atoms with Crippen LogP contribution in [0.5, 0.6) is 0 Å². The Labute approximate surface area is 117 Å². The molecule has 2 rings (SSSR count). The molecule has 1 aromatic heterocycles. The fourth-order valence-corrected chi connectivity index (χ4v) is 2.66. The summed E-state index contributed by atoms with van der Waals surface area (Å²) < 4.78 is 2.05. The van der Waals surface area contributed by atoms with Gasteiger partial charge in [-0.05, 0) is 46.2 Å². The first-order valence-electron chi connectivity index (χ1n) is 7.61. The molecule has 1 fully saturated rings. The van der Waals surface area contributed by atoms with Gasteiger partial charge in [0.1, 0.15) is 0 Å². The minimum Gasteiger partial charge on any atom is -0.313 e. The van der Waals surface area contributed by atoms with Crippen LogP contribution < -0.4 is 5.32 Å². The largest absolute Gasteiger partial charge is 0.313 e. The molecule has 4 heteroatoms. The van der Waals surface area contributed by atoms with Gasteiger partial charge in [0.05, 0.1) is 5.69 Å². The van der Waals surface area contributed by atoms with Crippen LogP contribution in [-0.4, -0.2) is 39.9 Å². The summed E-state index contributed by atoms with van der Waals surface area (Å²) in [6.45, 7) is 12.2. The van der Waals surface area contributed by atoms with Crippen LogP contribution in [0.4, 0.5) is 0 Å². The molecule has 0 aliphatic carbocycles. The van der Waals surface area contributed by atoms with Crippen molar-refractivity contribution in [2.75, 3.05) is 13.1 Å². The zero-order valence-electron chi connectivity index (χ0n) is 12.8. The summed E-state index contributed by atoms with van der Waals surface area (Å²) >= 11 is 0. The molecule has 0 bridgehead atoms. The first-order chi connectivity index (χ1) is 9.10. The van der Waals surface area contributed by atoms with E-state index < -0.39 is 0 Å². The van der Waals surface area contributed by atoms with Gasteiger partial charge in [0.15, 0.2) is 0 Å². The fraction of sp³-hybridized carbons (Fsp3) is 0.800. The van der Waals surface area contributed by atoms with E-state index in [1.165, 1.54) is 18.5 Å². The van der Waals surface area contributed by atoms with Crippen molar-refractivity contribution in [3.05, 3.63) is 18.0 Å². The van der Waals surface area contributed by atoms with Crippen LogP contribution in [0.1, 0.15) is 52.3 Å². The minimum atomic E-state index is 0.445. The maximum atomic E-state index is 4.67. The van der Waals surface area contributed by atoms with Crippen LogP contribution in [-0.2, 0) is 6.54 Å². The molecule has 2 atom stereocenters. The van der Waals surface area contributed by atoms with E-state index in [0.717, 1.165) is 19.6 Å². The number of nitrogens with zero attached hydrogens (tertiary/aromatic N) is 3. The number of rotatable bonds is 4. The zero-order valence-corrected chi connectivity index (χ0v) is 12.8. The van der Waals surface area contributed by atoms with Gasteiger partial charge in [0, 0.05) is 37.4 Å². The second-order valence-electron chi connectivity index (χ2n) is 6.01. The van der Waals surface area contributed by atoms with Gasteiger partial charge < -0.3 is 5.32 Å². The summed E-state index contributed by atoms with van der Waals surface area (Å²) in [6, 6.07) is 3.86. The maximum Gasteiger partial charge on any atom is 0.0765 e. The Balaban J connectivity index is 2.01. The van der Waals surface area contributed by atoms with Gasteiger partial charge in [0.2, 0.25) is 0 Å². The zero-order chi connectivity index (χ0) is 13.8. The predicted molar refractivity (Wildman–Crippen MR) is 79.2 cm³/mol. The molecule has 0 aromatic carbocycles. The highest BCUT2D eigenvalue weighted by Crippen LogP contribution is 2.14. The van der Waals surface area contributed by atoms with Gasteiger partial charge in [-0.15, -0.1) is 0 Å². The van der Waals surface area contributed by atoms with Gasteiger partial charge in [-0.25, -0.2) is 0 Å². The Morgan fingerprint density at radius 1 is 1.47 bits per heavy atom. The summed E-state index contributed by atoms with van der Waals surface area (Å²) in [5.41, 5.74) is 1.19. The van der Waals surface area contributed by atoms with Crippen molar-refractivity contribution in [3.63, 3.8) is 0 Å². The third kappa shape index (κ3) is 3.80. The Morgan fingerprint density at radius 3 is 2.89 bits per heavy atom. The van der Waals surface area contributed by atoms with Crippen molar-refractivity contribution >= 4 is 0 Å². The lowest BCUT2D eigenvalue weighted by Gasteiger charge is -2.28. The Morgan fingerprint density at radius 2 is 2.26 bits per heavy atom. The van der Waals surface area contributed by atoms with E-state index in [0.29, 0.717) is 18.1 Å². The van der Waals surface area contributed by atoms with Crippen LogP contribution in [0.3, 0.4) is 0 Å². The highest BCUT2D eigenvalue weighted by molar-refractivity contribution is 5.00. The first-order valence-corrected chi connectivity index (χ1v) is 7.61. The molecule has 4 nitrogen and oxygen atoms in total. The summed E-state index contributed by atoms with van der Waals surface area (Å²) in [4.78, 5) is 2.57. The lowest BCUT2D eigenvalue weighted by Crippen LogP contribution is -2.39. The quantitative estimate of drug-likeness (QED) is 0.906. The molecule has 0 amide bonds. The maximum absolute atomic E-state index is 4.67. The average molecular weight is 264 g/mol. The molecule has 1 aromatic rings. The van der Waals surface area contributed by atoms with Crippen molar-refractivity contribution in [2.24, 2.45) is 0 Å². The summed E-state index contributed by atoms with van der Waals surface area (Å²) in [5.74, 6) is 0.